The normalized spacial score (nSPS) is 11.0. The first-order valence-corrected chi connectivity index (χ1v) is 7.42. The average Bonchev–Trinajstić information content (AvgIpc) is 2.59. The van der Waals surface area contributed by atoms with E-state index in [1.807, 2.05) is 42.5 Å². The van der Waals surface area contributed by atoms with Crippen LogP contribution in [0, 0.1) is 0 Å². The van der Waals surface area contributed by atoms with Crippen LogP contribution in [0.1, 0.15) is 5.56 Å². The quantitative estimate of drug-likeness (QED) is 0.622. The Bertz CT molecular complexity index is 998. The molecule has 4 nitrogen and oxygen atoms in total. The van der Waals surface area contributed by atoms with Crippen molar-refractivity contribution in [1.29, 1.82) is 0 Å². The standard InChI is InChI=1S/C19H15N3O/c20-18-19(22-17-8-4-3-7-16(17)21-18)23-12-13-9-10-14-5-1-2-6-15(14)11-13/h1-11H,12H2,(H2,20,21). The van der Waals surface area contributed by atoms with Crippen LogP contribution >= 0.6 is 0 Å². The number of ether oxygens (including phenoxy) is 1. The van der Waals surface area contributed by atoms with Gasteiger partial charge in [0.05, 0.1) is 11.0 Å². The van der Waals surface area contributed by atoms with Crippen LogP contribution in [0.15, 0.2) is 66.7 Å². The van der Waals surface area contributed by atoms with Crippen LogP contribution in [0.4, 0.5) is 5.82 Å². The lowest BCUT2D eigenvalue weighted by atomic mass is 10.1. The summed E-state index contributed by atoms with van der Waals surface area (Å²) in [6.07, 6.45) is 0. The molecule has 0 atom stereocenters. The fourth-order valence-electron chi connectivity index (χ4n) is 2.58. The van der Waals surface area contributed by atoms with Gasteiger partial charge in [0.15, 0.2) is 5.82 Å². The Balaban J connectivity index is 1.61. The van der Waals surface area contributed by atoms with E-state index in [1.165, 1.54) is 10.8 Å². The lowest BCUT2D eigenvalue weighted by molar-refractivity contribution is 0.296. The molecule has 0 aliphatic rings. The second-order valence-electron chi connectivity index (χ2n) is 5.37. The number of para-hydroxylation sites is 2. The van der Waals surface area contributed by atoms with Gasteiger partial charge in [-0.15, -0.1) is 0 Å². The number of anilines is 1. The zero-order valence-corrected chi connectivity index (χ0v) is 12.4. The fraction of sp³-hybridized carbons (Fsp3) is 0.0526. The third kappa shape index (κ3) is 2.66. The van der Waals surface area contributed by atoms with Crippen LogP contribution in [0.25, 0.3) is 21.8 Å². The van der Waals surface area contributed by atoms with Gasteiger partial charge in [-0.2, -0.15) is 0 Å². The number of benzene rings is 3. The zero-order chi connectivity index (χ0) is 15.6. The molecule has 0 aliphatic heterocycles. The molecule has 2 N–H and O–H groups in total. The number of nitrogen functional groups attached to an aromatic ring is 1. The average molecular weight is 301 g/mol. The molecule has 0 bridgehead atoms. The highest BCUT2D eigenvalue weighted by Gasteiger charge is 2.07. The number of nitrogens with two attached hydrogens (primary N) is 1. The smallest absolute Gasteiger partial charge is 0.258 e. The Morgan fingerprint density at radius 2 is 1.48 bits per heavy atom. The predicted molar refractivity (Wildman–Crippen MR) is 92.2 cm³/mol. The van der Waals surface area contributed by atoms with Gasteiger partial charge in [0.2, 0.25) is 0 Å². The largest absolute Gasteiger partial charge is 0.470 e. The first-order valence-electron chi connectivity index (χ1n) is 7.42. The molecular weight excluding hydrogens is 286 g/mol. The summed E-state index contributed by atoms with van der Waals surface area (Å²) in [5.74, 6) is 0.682. The first-order chi connectivity index (χ1) is 11.3. The molecule has 3 aromatic carbocycles. The van der Waals surface area contributed by atoms with Crippen LogP contribution in [0.2, 0.25) is 0 Å². The van der Waals surface area contributed by atoms with E-state index in [0.29, 0.717) is 18.3 Å². The Morgan fingerprint density at radius 1 is 0.783 bits per heavy atom. The molecule has 4 rings (SSSR count). The molecule has 0 saturated carbocycles. The van der Waals surface area contributed by atoms with Crippen LogP contribution in [-0.4, -0.2) is 9.97 Å². The second kappa shape index (κ2) is 5.57. The van der Waals surface area contributed by atoms with Gasteiger partial charge in [-0.1, -0.05) is 48.5 Å². The SMILES string of the molecule is Nc1nc2ccccc2nc1OCc1ccc2ccccc2c1. The van der Waals surface area contributed by atoms with E-state index in [4.69, 9.17) is 10.5 Å². The third-order valence-corrected chi connectivity index (χ3v) is 3.75. The summed E-state index contributed by atoms with van der Waals surface area (Å²) in [6.45, 7) is 0.405. The van der Waals surface area contributed by atoms with Crippen molar-refractivity contribution in [3.8, 4) is 5.88 Å². The molecule has 0 amide bonds. The summed E-state index contributed by atoms with van der Waals surface area (Å²) in [5, 5.41) is 2.40. The van der Waals surface area contributed by atoms with E-state index >= 15 is 0 Å². The minimum Gasteiger partial charge on any atom is -0.470 e. The Kier molecular flexibility index (Phi) is 3.27. The summed E-state index contributed by atoms with van der Waals surface area (Å²) in [7, 11) is 0. The molecule has 1 heterocycles. The van der Waals surface area contributed by atoms with Gasteiger partial charge < -0.3 is 10.5 Å². The van der Waals surface area contributed by atoms with Crippen LogP contribution < -0.4 is 10.5 Å². The number of fused-ring (bicyclic) bond motifs is 2. The van der Waals surface area contributed by atoms with E-state index in [-0.39, 0.29) is 0 Å². The van der Waals surface area contributed by atoms with Crippen LogP contribution in [-0.2, 0) is 6.61 Å². The van der Waals surface area contributed by atoms with E-state index < -0.39 is 0 Å². The van der Waals surface area contributed by atoms with Crippen LogP contribution in [0.3, 0.4) is 0 Å². The van der Waals surface area contributed by atoms with Gasteiger partial charge in [-0.25, -0.2) is 9.97 Å². The van der Waals surface area contributed by atoms with E-state index in [0.717, 1.165) is 16.6 Å². The Hall–Kier alpha value is -3.14. The van der Waals surface area contributed by atoms with Crippen molar-refractivity contribution in [2.24, 2.45) is 0 Å². The maximum Gasteiger partial charge on any atom is 0.258 e. The first kappa shape index (κ1) is 13.5. The Morgan fingerprint density at radius 3 is 2.30 bits per heavy atom. The van der Waals surface area contributed by atoms with E-state index in [1.54, 1.807) is 0 Å². The van der Waals surface area contributed by atoms with Gasteiger partial charge in [0.25, 0.3) is 5.88 Å². The molecule has 112 valence electrons. The lowest BCUT2D eigenvalue weighted by Gasteiger charge is -2.09. The van der Waals surface area contributed by atoms with Crippen molar-refractivity contribution >= 4 is 27.6 Å². The maximum atomic E-state index is 5.94. The highest BCUT2D eigenvalue weighted by Crippen LogP contribution is 2.22. The molecule has 4 heteroatoms. The van der Waals surface area contributed by atoms with Gasteiger partial charge in [0, 0.05) is 0 Å². The zero-order valence-electron chi connectivity index (χ0n) is 12.4. The Labute approximate surface area is 133 Å². The summed E-state index contributed by atoms with van der Waals surface area (Å²) in [6, 6.07) is 22.1. The number of hydrogen-bond acceptors (Lipinski definition) is 4. The summed E-state index contributed by atoms with van der Waals surface area (Å²) in [5.41, 5.74) is 8.55. The highest BCUT2D eigenvalue weighted by atomic mass is 16.5. The number of rotatable bonds is 3. The van der Waals surface area contributed by atoms with Gasteiger partial charge in [-0.3, -0.25) is 0 Å². The third-order valence-electron chi connectivity index (χ3n) is 3.75. The summed E-state index contributed by atoms with van der Waals surface area (Å²) >= 11 is 0. The maximum absolute atomic E-state index is 5.94. The van der Waals surface area contributed by atoms with Crippen molar-refractivity contribution < 1.29 is 4.74 Å². The minimum atomic E-state index is 0.310. The molecule has 0 aliphatic carbocycles. The monoisotopic (exact) mass is 301 g/mol. The van der Waals surface area contributed by atoms with Crippen molar-refractivity contribution in [2.45, 2.75) is 6.61 Å². The van der Waals surface area contributed by atoms with Crippen molar-refractivity contribution in [1.82, 2.24) is 9.97 Å². The van der Waals surface area contributed by atoms with Crippen LogP contribution in [0.5, 0.6) is 5.88 Å². The van der Waals surface area contributed by atoms with Gasteiger partial charge in [-0.05, 0) is 34.5 Å². The summed E-state index contributed by atoms with van der Waals surface area (Å²) in [4.78, 5) is 8.77. The second-order valence-corrected chi connectivity index (χ2v) is 5.37. The van der Waals surface area contributed by atoms with Gasteiger partial charge >= 0.3 is 0 Å². The van der Waals surface area contributed by atoms with E-state index in [2.05, 4.69) is 34.2 Å². The topological polar surface area (TPSA) is 61.0 Å². The molecule has 0 saturated heterocycles. The molecule has 1 aromatic heterocycles. The molecule has 0 unspecified atom stereocenters. The number of nitrogens with zero attached hydrogens (tertiary/aromatic N) is 2. The number of hydrogen-bond donors (Lipinski definition) is 1. The predicted octanol–water partition coefficient (Wildman–Crippen LogP) is 3.94. The molecule has 4 aromatic rings. The number of aromatic nitrogens is 2. The lowest BCUT2D eigenvalue weighted by Crippen LogP contribution is -2.03. The van der Waals surface area contributed by atoms with Crippen molar-refractivity contribution in [2.75, 3.05) is 5.73 Å². The fourth-order valence-corrected chi connectivity index (χ4v) is 2.58. The van der Waals surface area contributed by atoms with Crippen molar-refractivity contribution in [3.05, 3.63) is 72.3 Å². The molecule has 23 heavy (non-hydrogen) atoms. The minimum absolute atomic E-state index is 0.310. The molecule has 0 spiro atoms. The molecular formula is C19H15N3O. The molecule has 0 radical (unpaired) electrons. The molecule has 0 fully saturated rings. The van der Waals surface area contributed by atoms with Crippen molar-refractivity contribution in [3.63, 3.8) is 0 Å². The van der Waals surface area contributed by atoms with Gasteiger partial charge in [0.1, 0.15) is 6.61 Å². The summed E-state index contributed by atoms with van der Waals surface area (Å²) < 4.78 is 5.78. The highest BCUT2D eigenvalue weighted by molar-refractivity contribution is 5.83. The van der Waals surface area contributed by atoms with E-state index in [9.17, 15) is 0 Å².